The Morgan fingerprint density at radius 2 is 1.84 bits per heavy atom. The first-order valence-electron chi connectivity index (χ1n) is 9.83. The summed E-state index contributed by atoms with van der Waals surface area (Å²) in [6, 6.07) is 4.81. The first kappa shape index (κ1) is 22.8. The summed E-state index contributed by atoms with van der Waals surface area (Å²) in [6.45, 7) is 3.63. The number of fused-ring (bicyclic) bond motifs is 2. The van der Waals surface area contributed by atoms with E-state index in [2.05, 4.69) is 11.9 Å². The molecule has 4 atom stereocenters. The molecule has 1 amide bonds. The Morgan fingerprint density at radius 3 is 2.44 bits per heavy atom. The second kappa shape index (κ2) is 7.90. The minimum absolute atomic E-state index is 0.0890. The number of rotatable bonds is 5. The van der Waals surface area contributed by atoms with Crippen LogP contribution in [0.15, 0.2) is 47.9 Å². The van der Waals surface area contributed by atoms with Gasteiger partial charge in [0.25, 0.3) is 5.91 Å². The monoisotopic (exact) mass is 485 g/mol. The maximum Gasteiger partial charge on any atom is 0.255 e. The largest absolute Gasteiger partial charge is 0.385 e. The Kier molecular flexibility index (Phi) is 5.63. The molecule has 170 valence electrons. The van der Waals surface area contributed by atoms with E-state index < -0.39 is 50.0 Å². The first-order valence-corrected chi connectivity index (χ1v) is 11.8. The summed E-state index contributed by atoms with van der Waals surface area (Å²) < 4.78 is 66.9. The van der Waals surface area contributed by atoms with E-state index in [1.54, 1.807) is 0 Å². The van der Waals surface area contributed by atoms with Gasteiger partial charge in [0, 0.05) is 29.3 Å². The summed E-state index contributed by atoms with van der Waals surface area (Å²) in [6.07, 6.45) is 2.83. The molecule has 2 N–H and O–H groups in total. The van der Waals surface area contributed by atoms with Gasteiger partial charge in [-0.1, -0.05) is 17.7 Å². The molecule has 2 bridgehead atoms. The molecule has 2 aliphatic rings. The Bertz CT molecular complexity index is 1210. The van der Waals surface area contributed by atoms with Gasteiger partial charge in [-0.3, -0.25) is 4.79 Å². The lowest BCUT2D eigenvalue weighted by molar-refractivity contribution is 0.0347. The van der Waals surface area contributed by atoms with Gasteiger partial charge in [-0.15, -0.1) is 6.58 Å². The standard InChI is InChI=1S/C22H19ClF3NO4S/c1-2-22(29)10-12-3-5-14(22)20(12)32(30,31)18-7-11(4-6-15(18)23)21(28)27-13-8-16(24)19(26)17(25)9-13/h2,4,6-9,12,14,20,29H,1,3,5,10H2,(H,27,28)/t12?,14?,20-,22-/m1/s1. The van der Waals surface area contributed by atoms with E-state index in [4.69, 9.17) is 11.6 Å². The van der Waals surface area contributed by atoms with Gasteiger partial charge >= 0.3 is 0 Å². The summed E-state index contributed by atoms with van der Waals surface area (Å²) in [5, 5.41) is 12.0. The van der Waals surface area contributed by atoms with Crippen LogP contribution in [-0.2, 0) is 9.84 Å². The SMILES string of the molecule is C=C[C@@]1(O)CC2CCC1[C@@H]2S(=O)(=O)c1cc(C(=O)Nc2cc(F)c(F)c(F)c2)ccc1Cl. The van der Waals surface area contributed by atoms with E-state index >= 15 is 0 Å². The van der Waals surface area contributed by atoms with Crippen LogP contribution in [-0.4, -0.2) is 30.3 Å². The molecular weight excluding hydrogens is 467 g/mol. The zero-order valence-electron chi connectivity index (χ0n) is 16.6. The summed E-state index contributed by atoms with van der Waals surface area (Å²) in [5.74, 6) is -6.30. The third kappa shape index (κ3) is 3.62. The molecule has 0 spiro atoms. The highest BCUT2D eigenvalue weighted by Crippen LogP contribution is 2.55. The van der Waals surface area contributed by atoms with Crippen LogP contribution in [0.5, 0.6) is 0 Å². The van der Waals surface area contributed by atoms with Crippen molar-refractivity contribution in [2.45, 2.75) is 35.0 Å². The van der Waals surface area contributed by atoms with Gasteiger partial charge in [0.2, 0.25) is 0 Å². The number of aliphatic hydroxyl groups is 1. The Morgan fingerprint density at radius 1 is 1.19 bits per heavy atom. The zero-order chi connectivity index (χ0) is 23.4. The first-order chi connectivity index (χ1) is 15.0. The minimum Gasteiger partial charge on any atom is -0.385 e. The number of carbonyl (C=O) groups is 1. The van der Waals surface area contributed by atoms with Gasteiger partial charge in [-0.05, 0) is 43.4 Å². The molecule has 2 fully saturated rings. The fourth-order valence-corrected chi connectivity index (χ4v) is 7.83. The van der Waals surface area contributed by atoms with E-state index in [-0.39, 0.29) is 33.5 Å². The van der Waals surface area contributed by atoms with Crippen molar-refractivity contribution < 1.29 is 31.5 Å². The molecule has 0 saturated heterocycles. The number of sulfone groups is 1. The van der Waals surface area contributed by atoms with Crippen LogP contribution in [0.3, 0.4) is 0 Å². The van der Waals surface area contributed by atoms with E-state index in [1.807, 2.05) is 0 Å². The third-order valence-corrected chi connectivity index (χ3v) is 9.22. The van der Waals surface area contributed by atoms with Gasteiger partial charge in [-0.25, -0.2) is 21.6 Å². The molecular formula is C22H19ClF3NO4S. The molecule has 4 rings (SSSR count). The van der Waals surface area contributed by atoms with Crippen LogP contribution >= 0.6 is 11.6 Å². The number of hydrogen-bond acceptors (Lipinski definition) is 4. The molecule has 5 nitrogen and oxygen atoms in total. The molecule has 0 heterocycles. The smallest absolute Gasteiger partial charge is 0.255 e. The average Bonchev–Trinajstić information content (AvgIpc) is 3.28. The van der Waals surface area contributed by atoms with Crippen molar-refractivity contribution in [2.75, 3.05) is 5.32 Å². The Labute approximate surface area is 187 Å². The molecule has 10 heteroatoms. The molecule has 0 radical (unpaired) electrons. The summed E-state index contributed by atoms with van der Waals surface area (Å²) in [5.41, 5.74) is -1.74. The van der Waals surface area contributed by atoms with Crippen molar-refractivity contribution in [1.82, 2.24) is 0 Å². The number of hydrogen-bond donors (Lipinski definition) is 2. The number of halogens is 4. The van der Waals surface area contributed by atoms with Gasteiger partial charge < -0.3 is 10.4 Å². The topological polar surface area (TPSA) is 83.5 Å². The average molecular weight is 486 g/mol. The van der Waals surface area contributed by atoms with E-state index in [0.717, 1.165) is 6.07 Å². The van der Waals surface area contributed by atoms with Crippen molar-refractivity contribution in [2.24, 2.45) is 11.8 Å². The maximum absolute atomic E-state index is 13.5. The van der Waals surface area contributed by atoms with E-state index in [9.17, 15) is 31.5 Å². The van der Waals surface area contributed by atoms with Crippen LogP contribution in [0.1, 0.15) is 29.6 Å². The number of nitrogens with one attached hydrogen (secondary N) is 1. The van der Waals surface area contributed by atoms with Crippen LogP contribution < -0.4 is 5.32 Å². The molecule has 32 heavy (non-hydrogen) atoms. The van der Waals surface area contributed by atoms with Crippen molar-refractivity contribution in [3.63, 3.8) is 0 Å². The fourth-order valence-electron chi connectivity index (χ4n) is 4.92. The molecule has 2 aliphatic carbocycles. The number of benzene rings is 2. The number of anilines is 1. The molecule has 0 aliphatic heterocycles. The maximum atomic E-state index is 13.5. The summed E-state index contributed by atoms with van der Waals surface area (Å²) in [7, 11) is -4.02. The van der Waals surface area contributed by atoms with Crippen molar-refractivity contribution in [3.05, 3.63) is 71.0 Å². The molecule has 2 aromatic rings. The lowest BCUT2D eigenvalue weighted by atomic mass is 9.84. The minimum atomic E-state index is -4.02. The fraction of sp³-hybridized carbons (Fsp3) is 0.318. The predicted octanol–water partition coefficient (Wildman–Crippen LogP) is 4.50. The zero-order valence-corrected chi connectivity index (χ0v) is 18.2. The van der Waals surface area contributed by atoms with Crippen molar-refractivity contribution in [3.8, 4) is 0 Å². The normalized spacial score (nSPS) is 26.8. The van der Waals surface area contributed by atoms with Crippen LogP contribution in [0.4, 0.5) is 18.9 Å². The lowest BCUT2D eigenvalue weighted by Gasteiger charge is -2.29. The van der Waals surface area contributed by atoms with Crippen LogP contribution in [0, 0.1) is 29.3 Å². The second-order valence-electron chi connectivity index (χ2n) is 8.21. The van der Waals surface area contributed by atoms with Crippen LogP contribution in [0.25, 0.3) is 0 Å². The predicted molar refractivity (Wildman–Crippen MR) is 113 cm³/mol. The van der Waals surface area contributed by atoms with Crippen molar-refractivity contribution in [1.29, 1.82) is 0 Å². The second-order valence-corrected chi connectivity index (χ2v) is 10.7. The quantitative estimate of drug-likeness (QED) is 0.482. The Hall–Kier alpha value is -2.36. The number of carbonyl (C=O) groups excluding carboxylic acids is 1. The highest BCUT2D eigenvalue weighted by atomic mass is 35.5. The third-order valence-electron chi connectivity index (χ3n) is 6.39. The van der Waals surface area contributed by atoms with Gasteiger partial charge in [0.1, 0.15) is 0 Å². The molecule has 2 saturated carbocycles. The van der Waals surface area contributed by atoms with Gasteiger partial charge in [0.05, 0.1) is 20.8 Å². The highest BCUT2D eigenvalue weighted by molar-refractivity contribution is 7.92. The lowest BCUT2D eigenvalue weighted by Crippen LogP contribution is -2.36. The van der Waals surface area contributed by atoms with Crippen molar-refractivity contribution >= 4 is 33.0 Å². The van der Waals surface area contributed by atoms with E-state index in [0.29, 0.717) is 25.0 Å². The van der Waals surface area contributed by atoms with E-state index in [1.165, 1.54) is 18.2 Å². The molecule has 2 aromatic carbocycles. The Balaban J connectivity index is 1.66. The molecule has 0 aromatic heterocycles. The molecule has 2 unspecified atom stereocenters. The highest BCUT2D eigenvalue weighted by Gasteiger charge is 2.60. The van der Waals surface area contributed by atoms with Gasteiger partial charge in [-0.2, -0.15) is 0 Å². The summed E-state index contributed by atoms with van der Waals surface area (Å²) in [4.78, 5) is 12.3. The van der Waals surface area contributed by atoms with Crippen LogP contribution in [0.2, 0.25) is 5.02 Å². The van der Waals surface area contributed by atoms with Gasteiger partial charge in [0.15, 0.2) is 27.3 Å². The number of amides is 1. The summed E-state index contributed by atoms with van der Waals surface area (Å²) >= 11 is 6.17.